The van der Waals surface area contributed by atoms with Gasteiger partial charge < -0.3 is 5.73 Å². The van der Waals surface area contributed by atoms with Gasteiger partial charge in [0.05, 0.1) is 5.69 Å². The second-order valence-electron chi connectivity index (χ2n) is 4.15. The number of aryl methyl sites for hydroxylation is 1. The summed E-state index contributed by atoms with van der Waals surface area (Å²) in [5, 5.41) is 0. The van der Waals surface area contributed by atoms with Gasteiger partial charge in [-0.2, -0.15) is 0 Å². The number of anilines is 2. The van der Waals surface area contributed by atoms with Crippen molar-refractivity contribution in [3.05, 3.63) is 52.5 Å². The van der Waals surface area contributed by atoms with Gasteiger partial charge in [-0.3, -0.25) is 4.72 Å². The molecule has 0 aromatic heterocycles. The van der Waals surface area contributed by atoms with Crippen LogP contribution in [0.25, 0.3) is 0 Å². The summed E-state index contributed by atoms with van der Waals surface area (Å²) < 4.78 is 27.7. The molecule has 0 saturated carbocycles. The smallest absolute Gasteiger partial charge is 0.263 e. The molecule has 0 radical (unpaired) electrons. The molecule has 0 amide bonds. The molecule has 0 spiro atoms. The Morgan fingerprint density at radius 3 is 2.37 bits per heavy atom. The molecule has 0 aliphatic rings. The van der Waals surface area contributed by atoms with Crippen molar-refractivity contribution >= 4 is 37.3 Å². The van der Waals surface area contributed by atoms with Crippen molar-refractivity contribution in [2.75, 3.05) is 10.5 Å². The maximum atomic E-state index is 12.2. The van der Waals surface area contributed by atoms with Gasteiger partial charge in [0.15, 0.2) is 0 Å². The first-order chi connectivity index (χ1) is 8.88. The molecule has 0 aliphatic carbocycles. The zero-order chi connectivity index (χ0) is 14.0. The van der Waals surface area contributed by atoms with Crippen LogP contribution in [0, 0.1) is 6.92 Å². The van der Waals surface area contributed by atoms with E-state index in [1.54, 1.807) is 24.3 Å². The van der Waals surface area contributed by atoms with Gasteiger partial charge >= 0.3 is 0 Å². The van der Waals surface area contributed by atoms with Crippen LogP contribution < -0.4 is 10.5 Å². The minimum absolute atomic E-state index is 0.0578. The molecule has 2 rings (SSSR count). The van der Waals surface area contributed by atoms with Crippen LogP contribution in [-0.4, -0.2) is 8.42 Å². The Labute approximate surface area is 120 Å². The van der Waals surface area contributed by atoms with E-state index in [4.69, 9.17) is 5.73 Å². The fraction of sp³-hybridized carbons (Fsp3) is 0.0769. The average Bonchev–Trinajstić information content (AvgIpc) is 2.35. The Morgan fingerprint density at radius 2 is 1.74 bits per heavy atom. The minimum Gasteiger partial charge on any atom is -0.398 e. The zero-order valence-corrected chi connectivity index (χ0v) is 12.6. The van der Waals surface area contributed by atoms with Gasteiger partial charge in [-0.05, 0) is 37.3 Å². The van der Waals surface area contributed by atoms with E-state index < -0.39 is 10.0 Å². The quantitative estimate of drug-likeness (QED) is 0.843. The topological polar surface area (TPSA) is 72.2 Å². The molecule has 100 valence electrons. The summed E-state index contributed by atoms with van der Waals surface area (Å²) in [5.74, 6) is 0. The van der Waals surface area contributed by atoms with E-state index in [9.17, 15) is 8.42 Å². The van der Waals surface area contributed by atoms with Gasteiger partial charge in [0.2, 0.25) is 0 Å². The van der Waals surface area contributed by atoms with Crippen molar-refractivity contribution < 1.29 is 8.42 Å². The molecule has 0 heterocycles. The van der Waals surface area contributed by atoms with Crippen LogP contribution in [0.2, 0.25) is 0 Å². The number of hydrogen-bond donors (Lipinski definition) is 2. The summed E-state index contributed by atoms with van der Waals surface area (Å²) in [4.78, 5) is 0.0578. The molecule has 2 aromatic carbocycles. The monoisotopic (exact) mass is 340 g/mol. The molecular weight excluding hydrogens is 328 g/mol. The van der Waals surface area contributed by atoms with Crippen LogP contribution in [0.15, 0.2) is 51.8 Å². The molecule has 2 aromatic rings. The molecule has 0 fully saturated rings. The van der Waals surface area contributed by atoms with E-state index in [2.05, 4.69) is 20.7 Å². The third-order valence-corrected chi connectivity index (χ3v) is 4.50. The van der Waals surface area contributed by atoms with Gasteiger partial charge in [-0.15, -0.1) is 0 Å². The summed E-state index contributed by atoms with van der Waals surface area (Å²) in [6, 6.07) is 11.8. The third-order valence-electron chi connectivity index (χ3n) is 2.57. The third kappa shape index (κ3) is 3.27. The minimum atomic E-state index is -3.68. The Morgan fingerprint density at radius 1 is 1.11 bits per heavy atom. The summed E-state index contributed by atoms with van der Waals surface area (Å²) in [7, 11) is -3.68. The van der Waals surface area contributed by atoms with Crippen molar-refractivity contribution in [3.8, 4) is 0 Å². The van der Waals surface area contributed by atoms with Crippen molar-refractivity contribution in [2.24, 2.45) is 0 Å². The lowest BCUT2D eigenvalue weighted by Crippen LogP contribution is -2.14. The first-order valence-electron chi connectivity index (χ1n) is 5.53. The number of benzene rings is 2. The predicted molar refractivity (Wildman–Crippen MR) is 80.5 cm³/mol. The highest BCUT2D eigenvalue weighted by Crippen LogP contribution is 2.25. The lowest BCUT2D eigenvalue weighted by molar-refractivity contribution is 0.601. The molecule has 0 saturated heterocycles. The number of hydrogen-bond acceptors (Lipinski definition) is 3. The highest BCUT2D eigenvalue weighted by molar-refractivity contribution is 9.10. The molecule has 4 nitrogen and oxygen atoms in total. The molecular formula is C13H13BrN2O2S. The SMILES string of the molecule is Cc1ccc(NS(=O)(=O)c2cc(Br)ccc2N)cc1. The van der Waals surface area contributed by atoms with E-state index >= 15 is 0 Å². The normalized spacial score (nSPS) is 11.3. The summed E-state index contributed by atoms with van der Waals surface area (Å²) in [6.45, 7) is 1.94. The van der Waals surface area contributed by atoms with Crippen molar-refractivity contribution in [1.29, 1.82) is 0 Å². The molecule has 6 heteroatoms. The number of nitrogens with one attached hydrogen (secondary N) is 1. The van der Waals surface area contributed by atoms with Crippen LogP contribution in [0.1, 0.15) is 5.56 Å². The fourth-order valence-electron chi connectivity index (χ4n) is 1.57. The molecule has 19 heavy (non-hydrogen) atoms. The van der Waals surface area contributed by atoms with E-state index in [0.717, 1.165) is 5.56 Å². The molecule has 0 bridgehead atoms. The van der Waals surface area contributed by atoms with Crippen LogP contribution in [0.3, 0.4) is 0 Å². The number of rotatable bonds is 3. The fourth-order valence-corrected chi connectivity index (χ4v) is 3.30. The molecule has 0 aliphatic heterocycles. The second kappa shape index (κ2) is 5.22. The number of nitrogen functional groups attached to an aromatic ring is 1. The van der Waals surface area contributed by atoms with Gasteiger partial charge in [-0.25, -0.2) is 8.42 Å². The predicted octanol–water partition coefficient (Wildman–Crippen LogP) is 3.14. The maximum Gasteiger partial charge on any atom is 0.263 e. The van der Waals surface area contributed by atoms with Crippen molar-refractivity contribution in [2.45, 2.75) is 11.8 Å². The Kier molecular flexibility index (Phi) is 3.82. The Balaban J connectivity index is 2.37. The lowest BCUT2D eigenvalue weighted by atomic mass is 10.2. The Hall–Kier alpha value is -1.53. The number of halogens is 1. The van der Waals surface area contributed by atoms with E-state index in [-0.39, 0.29) is 10.6 Å². The van der Waals surface area contributed by atoms with E-state index in [0.29, 0.717) is 10.2 Å². The summed E-state index contributed by atoms with van der Waals surface area (Å²) >= 11 is 3.24. The molecule has 0 unspecified atom stereocenters. The molecule has 0 atom stereocenters. The standard InChI is InChI=1S/C13H13BrN2O2S/c1-9-2-5-11(6-3-9)16-19(17,18)13-8-10(14)4-7-12(13)15/h2-8,16H,15H2,1H3. The lowest BCUT2D eigenvalue weighted by Gasteiger charge is -2.10. The van der Waals surface area contributed by atoms with Crippen LogP contribution >= 0.6 is 15.9 Å². The zero-order valence-electron chi connectivity index (χ0n) is 10.2. The number of sulfonamides is 1. The second-order valence-corrected chi connectivity index (χ2v) is 6.72. The highest BCUT2D eigenvalue weighted by atomic mass is 79.9. The first-order valence-corrected chi connectivity index (χ1v) is 7.80. The molecule has 3 N–H and O–H groups in total. The van der Waals surface area contributed by atoms with Gasteiger partial charge in [-0.1, -0.05) is 33.6 Å². The highest BCUT2D eigenvalue weighted by Gasteiger charge is 2.17. The number of nitrogens with two attached hydrogens (primary N) is 1. The average molecular weight is 341 g/mol. The van der Waals surface area contributed by atoms with Crippen LogP contribution in [0.5, 0.6) is 0 Å². The van der Waals surface area contributed by atoms with Crippen LogP contribution in [0.4, 0.5) is 11.4 Å². The first kappa shape index (κ1) is 13.9. The van der Waals surface area contributed by atoms with Gasteiger partial charge in [0.1, 0.15) is 4.90 Å². The van der Waals surface area contributed by atoms with E-state index in [1.165, 1.54) is 6.07 Å². The maximum absolute atomic E-state index is 12.2. The summed E-state index contributed by atoms with van der Waals surface area (Å²) in [5.41, 5.74) is 7.49. The summed E-state index contributed by atoms with van der Waals surface area (Å²) in [6.07, 6.45) is 0. The van der Waals surface area contributed by atoms with Crippen LogP contribution in [-0.2, 0) is 10.0 Å². The van der Waals surface area contributed by atoms with E-state index in [1.807, 2.05) is 19.1 Å². The van der Waals surface area contributed by atoms with Crippen molar-refractivity contribution in [3.63, 3.8) is 0 Å². The van der Waals surface area contributed by atoms with Gasteiger partial charge in [0, 0.05) is 10.2 Å². The van der Waals surface area contributed by atoms with Crippen molar-refractivity contribution in [1.82, 2.24) is 0 Å². The largest absolute Gasteiger partial charge is 0.398 e. The van der Waals surface area contributed by atoms with Gasteiger partial charge in [0.25, 0.3) is 10.0 Å². The Bertz CT molecular complexity index is 697.